The molecule has 0 aliphatic rings. The zero-order chi connectivity index (χ0) is 16.6. The van der Waals surface area contributed by atoms with Crippen LogP contribution in [0.25, 0.3) is 11.1 Å². The van der Waals surface area contributed by atoms with Gasteiger partial charge in [0.05, 0.1) is 5.51 Å². The fourth-order valence-corrected chi connectivity index (χ4v) is 3.57. The number of aryl methyl sites for hydroxylation is 1. The molecule has 0 fully saturated rings. The Balaban J connectivity index is 1.90. The summed E-state index contributed by atoms with van der Waals surface area (Å²) in [4.78, 5) is 20.3. The van der Waals surface area contributed by atoms with Gasteiger partial charge in [-0.25, -0.2) is 23.5 Å². The summed E-state index contributed by atoms with van der Waals surface area (Å²) in [6, 6.07) is 4.95. The van der Waals surface area contributed by atoms with Crippen molar-refractivity contribution in [1.29, 1.82) is 0 Å². The molecule has 2 aromatic heterocycles. The van der Waals surface area contributed by atoms with Gasteiger partial charge in [-0.15, -0.1) is 11.3 Å². The third kappa shape index (κ3) is 3.09. The number of hydrogen-bond donors (Lipinski definition) is 2. The summed E-state index contributed by atoms with van der Waals surface area (Å²) in [5, 5.41) is 7.65. The molecule has 10 heteroatoms. The number of primary sulfonamides is 1. The molecular formula is C13H12N4O4S2. The highest BCUT2D eigenvalue weighted by molar-refractivity contribution is 7.91. The molecule has 0 aliphatic carbocycles. The molecule has 23 heavy (non-hydrogen) atoms. The van der Waals surface area contributed by atoms with Gasteiger partial charge in [-0.1, -0.05) is 6.92 Å². The second kappa shape index (κ2) is 5.72. The van der Waals surface area contributed by atoms with Crippen molar-refractivity contribution in [3.8, 4) is 0 Å². The number of hydrogen-bond acceptors (Lipinski definition) is 7. The van der Waals surface area contributed by atoms with E-state index in [1.165, 1.54) is 5.51 Å². The average Bonchev–Trinajstić information content (AvgIpc) is 3.12. The van der Waals surface area contributed by atoms with Crippen molar-refractivity contribution in [2.24, 2.45) is 5.14 Å². The Kier molecular flexibility index (Phi) is 3.88. The lowest BCUT2D eigenvalue weighted by Gasteiger charge is -2.04. The summed E-state index contributed by atoms with van der Waals surface area (Å²) in [6.45, 7) is 1.92. The minimum atomic E-state index is -3.99. The van der Waals surface area contributed by atoms with Gasteiger partial charge in [0.2, 0.25) is 10.0 Å². The Morgan fingerprint density at radius 1 is 1.43 bits per heavy atom. The number of aromatic nitrogens is 2. The summed E-state index contributed by atoms with van der Waals surface area (Å²) in [6.07, 6.45) is 0.660. The summed E-state index contributed by atoms with van der Waals surface area (Å²) < 4.78 is 28.1. The fourth-order valence-electron chi connectivity index (χ4n) is 1.98. The molecule has 1 aromatic carbocycles. The van der Waals surface area contributed by atoms with E-state index in [2.05, 4.69) is 15.3 Å². The van der Waals surface area contributed by atoms with Gasteiger partial charge in [-0.05, 0) is 18.2 Å². The Bertz CT molecular complexity index is 990. The van der Waals surface area contributed by atoms with E-state index in [0.717, 1.165) is 11.3 Å². The highest BCUT2D eigenvalue weighted by atomic mass is 32.2. The van der Waals surface area contributed by atoms with Gasteiger partial charge in [-0.3, -0.25) is 4.79 Å². The number of amides is 1. The number of nitrogens with zero attached hydrogens (tertiary/aromatic N) is 2. The van der Waals surface area contributed by atoms with Crippen LogP contribution >= 0.6 is 11.3 Å². The van der Waals surface area contributed by atoms with E-state index in [-0.39, 0.29) is 9.90 Å². The van der Waals surface area contributed by atoms with Crippen LogP contribution in [0.5, 0.6) is 0 Å². The van der Waals surface area contributed by atoms with Crippen LogP contribution in [0.2, 0.25) is 0 Å². The quantitative estimate of drug-likeness (QED) is 0.736. The van der Waals surface area contributed by atoms with Gasteiger partial charge in [0, 0.05) is 12.1 Å². The lowest BCUT2D eigenvalue weighted by atomic mass is 10.3. The van der Waals surface area contributed by atoms with E-state index < -0.39 is 15.9 Å². The molecule has 8 nitrogen and oxygen atoms in total. The number of rotatable bonds is 4. The molecule has 0 atom stereocenters. The van der Waals surface area contributed by atoms with Crippen LogP contribution in [-0.2, 0) is 16.4 Å². The van der Waals surface area contributed by atoms with Crippen molar-refractivity contribution in [3.05, 3.63) is 35.3 Å². The predicted molar refractivity (Wildman–Crippen MR) is 84.8 cm³/mol. The number of fused-ring (bicyclic) bond motifs is 1. The normalized spacial score (nSPS) is 11.7. The van der Waals surface area contributed by atoms with Crippen molar-refractivity contribution in [3.63, 3.8) is 0 Å². The average molecular weight is 352 g/mol. The lowest BCUT2D eigenvalue weighted by Crippen LogP contribution is -2.19. The number of oxazole rings is 1. The van der Waals surface area contributed by atoms with Crippen LogP contribution < -0.4 is 10.5 Å². The summed E-state index contributed by atoms with van der Waals surface area (Å²) in [5.74, 6) is -0.0617. The zero-order valence-corrected chi connectivity index (χ0v) is 13.6. The summed E-state index contributed by atoms with van der Waals surface area (Å²) in [5.41, 5.74) is 2.69. The van der Waals surface area contributed by atoms with Gasteiger partial charge in [0.15, 0.2) is 21.4 Å². The molecule has 3 aromatic rings. The van der Waals surface area contributed by atoms with Crippen LogP contribution in [0.4, 0.5) is 5.69 Å². The fraction of sp³-hybridized carbons (Fsp3) is 0.154. The maximum atomic E-state index is 12.2. The Morgan fingerprint density at radius 3 is 2.91 bits per heavy atom. The molecule has 120 valence electrons. The third-order valence-electron chi connectivity index (χ3n) is 3.00. The molecule has 1 amide bonds. The first-order chi connectivity index (χ1) is 10.9. The molecule has 0 saturated heterocycles. The number of benzene rings is 1. The Labute approximate surface area is 135 Å². The molecule has 0 spiro atoms. The van der Waals surface area contributed by atoms with Crippen molar-refractivity contribution in [1.82, 2.24) is 9.97 Å². The first-order valence-corrected chi connectivity index (χ1v) is 8.98. The minimum Gasteiger partial charge on any atom is -0.441 e. The highest BCUT2D eigenvalue weighted by Crippen LogP contribution is 2.23. The van der Waals surface area contributed by atoms with Gasteiger partial charge in [0.1, 0.15) is 5.52 Å². The molecule has 3 rings (SSSR count). The zero-order valence-electron chi connectivity index (χ0n) is 11.9. The minimum absolute atomic E-state index is 0.230. The first kappa shape index (κ1) is 15.6. The maximum Gasteiger partial charge on any atom is 0.276 e. The molecular weight excluding hydrogens is 340 g/mol. The van der Waals surface area contributed by atoms with Crippen LogP contribution in [0.15, 0.2) is 32.3 Å². The number of anilines is 1. The maximum absolute atomic E-state index is 12.2. The smallest absolute Gasteiger partial charge is 0.276 e. The standard InChI is InChI=1S/C13H12N4O4S2/c1-2-10-17-8-5-7(3-4-9(8)21-10)16-12(18)11-13(22-6-15-11)23(14,19)20/h3-6H,2H2,1H3,(H,16,18)(H2,14,19,20). The topological polar surface area (TPSA) is 128 Å². The second-order valence-corrected chi connectivity index (χ2v) is 7.24. The SMILES string of the molecule is CCc1nc2cc(NC(=O)c3ncsc3S(N)(=O)=O)ccc2o1. The van der Waals surface area contributed by atoms with Gasteiger partial charge < -0.3 is 9.73 Å². The van der Waals surface area contributed by atoms with Crippen molar-refractivity contribution in [2.45, 2.75) is 17.6 Å². The number of carbonyl (C=O) groups is 1. The number of nitrogens with two attached hydrogens (primary N) is 1. The molecule has 3 N–H and O–H groups in total. The summed E-state index contributed by atoms with van der Waals surface area (Å²) in [7, 11) is -3.99. The van der Waals surface area contributed by atoms with Crippen LogP contribution in [0.1, 0.15) is 23.3 Å². The van der Waals surface area contributed by atoms with Gasteiger partial charge >= 0.3 is 0 Å². The van der Waals surface area contributed by atoms with E-state index in [0.29, 0.717) is 29.1 Å². The molecule has 0 aliphatic heterocycles. The van der Waals surface area contributed by atoms with Crippen LogP contribution in [0.3, 0.4) is 0 Å². The van der Waals surface area contributed by atoms with E-state index >= 15 is 0 Å². The van der Waals surface area contributed by atoms with Crippen molar-refractivity contribution in [2.75, 3.05) is 5.32 Å². The Morgan fingerprint density at radius 2 is 2.22 bits per heavy atom. The molecule has 0 radical (unpaired) electrons. The number of sulfonamides is 1. The summed E-state index contributed by atoms with van der Waals surface area (Å²) >= 11 is 0.792. The molecule has 0 unspecified atom stereocenters. The van der Waals surface area contributed by atoms with Crippen LogP contribution in [0, 0.1) is 0 Å². The van der Waals surface area contributed by atoms with Crippen LogP contribution in [-0.4, -0.2) is 24.3 Å². The molecule has 0 bridgehead atoms. The van der Waals surface area contributed by atoms with Gasteiger partial charge in [0.25, 0.3) is 5.91 Å². The number of carbonyl (C=O) groups excluding carboxylic acids is 1. The van der Waals surface area contributed by atoms with E-state index in [9.17, 15) is 13.2 Å². The van der Waals surface area contributed by atoms with E-state index in [1.54, 1.807) is 18.2 Å². The predicted octanol–water partition coefficient (Wildman–Crippen LogP) is 1.75. The lowest BCUT2D eigenvalue weighted by molar-refractivity contribution is 0.102. The van der Waals surface area contributed by atoms with Crippen molar-refractivity contribution >= 4 is 44.1 Å². The van der Waals surface area contributed by atoms with E-state index in [1.807, 2.05) is 6.92 Å². The Hall–Kier alpha value is -2.30. The van der Waals surface area contributed by atoms with E-state index in [4.69, 9.17) is 9.56 Å². The first-order valence-electron chi connectivity index (χ1n) is 6.55. The highest BCUT2D eigenvalue weighted by Gasteiger charge is 2.23. The number of nitrogens with one attached hydrogen (secondary N) is 1. The molecule has 0 saturated carbocycles. The number of thiazole rings is 1. The van der Waals surface area contributed by atoms with Gasteiger partial charge in [-0.2, -0.15) is 0 Å². The second-order valence-electron chi connectivity index (χ2n) is 4.63. The monoisotopic (exact) mass is 352 g/mol. The largest absolute Gasteiger partial charge is 0.441 e. The third-order valence-corrected chi connectivity index (χ3v) is 5.31. The van der Waals surface area contributed by atoms with Crippen molar-refractivity contribution < 1.29 is 17.6 Å². The molecule has 2 heterocycles.